The van der Waals surface area contributed by atoms with E-state index < -0.39 is 0 Å². The molecule has 0 saturated carbocycles. The number of rotatable bonds is 7. The third kappa shape index (κ3) is 4.91. The highest BCUT2D eigenvalue weighted by atomic mass is 16.6. The van der Waals surface area contributed by atoms with Crippen LogP contribution in [0.25, 0.3) is 0 Å². The first-order valence-corrected chi connectivity index (χ1v) is 6.62. The molecule has 0 fully saturated rings. The molecule has 0 heterocycles. The Bertz CT molecular complexity index is 418. The zero-order valence-corrected chi connectivity index (χ0v) is 12.2. The molecule has 1 aromatic rings. The van der Waals surface area contributed by atoms with Gasteiger partial charge in [-0.15, -0.1) is 0 Å². The Morgan fingerprint density at radius 1 is 1.42 bits per heavy atom. The summed E-state index contributed by atoms with van der Waals surface area (Å²) in [4.78, 5) is 11.1. The smallest absolute Gasteiger partial charge is 0.343 e. The first kappa shape index (κ1) is 15.5. The van der Waals surface area contributed by atoms with Gasteiger partial charge in [0.15, 0.2) is 6.61 Å². The number of carbonyl (C=O) groups excluding carboxylic acids is 1. The molecule has 1 aromatic carbocycles. The van der Waals surface area contributed by atoms with E-state index in [4.69, 9.17) is 4.74 Å². The molecule has 0 aliphatic carbocycles. The lowest BCUT2D eigenvalue weighted by molar-refractivity contribution is -0.142. The van der Waals surface area contributed by atoms with E-state index in [9.17, 15) is 4.79 Å². The second-order valence-corrected chi connectivity index (χ2v) is 4.58. The Balaban J connectivity index is 2.81. The van der Waals surface area contributed by atoms with Gasteiger partial charge in [-0.2, -0.15) is 0 Å². The molecule has 0 aliphatic rings. The minimum atomic E-state index is -0.374. The summed E-state index contributed by atoms with van der Waals surface area (Å²) < 4.78 is 10.1. The average molecular weight is 265 g/mol. The monoisotopic (exact) mass is 265 g/mol. The van der Waals surface area contributed by atoms with Gasteiger partial charge in [-0.25, -0.2) is 4.79 Å². The van der Waals surface area contributed by atoms with Crippen LogP contribution in [0.5, 0.6) is 5.75 Å². The van der Waals surface area contributed by atoms with Crippen LogP contribution < -0.4 is 10.1 Å². The van der Waals surface area contributed by atoms with Gasteiger partial charge in [-0.05, 0) is 32.9 Å². The van der Waals surface area contributed by atoms with Crippen LogP contribution in [0.2, 0.25) is 0 Å². The van der Waals surface area contributed by atoms with E-state index in [2.05, 4.69) is 30.0 Å². The van der Waals surface area contributed by atoms with Crippen LogP contribution >= 0.6 is 0 Å². The zero-order chi connectivity index (χ0) is 14.3. The van der Waals surface area contributed by atoms with Crippen LogP contribution in [0.1, 0.15) is 37.4 Å². The molecule has 0 aliphatic heterocycles. The molecule has 0 saturated heterocycles. The standard InChI is InChI=1S/C15H23NO3/c1-5-8-16-12(3)13-9-11(2)6-7-14(13)19-10-15(17)18-4/h6-7,9,12,16H,5,8,10H2,1-4H3. The number of hydrogen-bond acceptors (Lipinski definition) is 4. The SMILES string of the molecule is CCCNC(C)c1cc(C)ccc1OCC(=O)OC. The molecular weight excluding hydrogens is 242 g/mol. The highest BCUT2D eigenvalue weighted by Gasteiger charge is 2.12. The molecule has 0 bridgehead atoms. The van der Waals surface area contributed by atoms with Crippen molar-refractivity contribution in [1.29, 1.82) is 0 Å². The summed E-state index contributed by atoms with van der Waals surface area (Å²) in [5.74, 6) is 0.354. The minimum absolute atomic E-state index is 0.0624. The highest BCUT2D eigenvalue weighted by molar-refractivity contribution is 5.70. The van der Waals surface area contributed by atoms with Crippen LogP contribution in [-0.2, 0) is 9.53 Å². The van der Waals surface area contributed by atoms with Crippen LogP contribution in [0.4, 0.5) is 0 Å². The number of ether oxygens (including phenoxy) is 2. The van der Waals surface area contributed by atoms with Crippen LogP contribution in [0.15, 0.2) is 18.2 Å². The van der Waals surface area contributed by atoms with Crippen molar-refractivity contribution in [3.63, 3.8) is 0 Å². The molecular formula is C15H23NO3. The lowest BCUT2D eigenvalue weighted by Crippen LogP contribution is -2.21. The van der Waals surface area contributed by atoms with Crippen molar-refractivity contribution in [2.24, 2.45) is 0 Å². The lowest BCUT2D eigenvalue weighted by Gasteiger charge is -2.18. The van der Waals surface area contributed by atoms with Crippen molar-refractivity contribution in [3.8, 4) is 5.75 Å². The van der Waals surface area contributed by atoms with Gasteiger partial charge in [0.2, 0.25) is 0 Å². The summed E-state index contributed by atoms with van der Waals surface area (Å²) in [6.07, 6.45) is 1.08. The quantitative estimate of drug-likeness (QED) is 0.770. The second-order valence-electron chi connectivity index (χ2n) is 4.58. The van der Waals surface area contributed by atoms with Crippen molar-refractivity contribution in [1.82, 2.24) is 5.32 Å². The maximum absolute atomic E-state index is 11.1. The minimum Gasteiger partial charge on any atom is -0.482 e. The second kappa shape index (κ2) is 7.79. The molecule has 0 radical (unpaired) electrons. The summed E-state index contributed by atoms with van der Waals surface area (Å²) >= 11 is 0. The van der Waals surface area contributed by atoms with E-state index in [-0.39, 0.29) is 18.6 Å². The number of nitrogens with one attached hydrogen (secondary N) is 1. The largest absolute Gasteiger partial charge is 0.482 e. The van der Waals surface area contributed by atoms with Gasteiger partial charge in [-0.1, -0.05) is 24.6 Å². The number of carbonyl (C=O) groups is 1. The van der Waals surface area contributed by atoms with Crippen LogP contribution in [0, 0.1) is 6.92 Å². The van der Waals surface area contributed by atoms with E-state index in [1.165, 1.54) is 12.7 Å². The first-order valence-electron chi connectivity index (χ1n) is 6.62. The molecule has 19 heavy (non-hydrogen) atoms. The van der Waals surface area contributed by atoms with Crippen molar-refractivity contribution in [2.75, 3.05) is 20.3 Å². The molecule has 1 rings (SSSR count). The van der Waals surface area contributed by atoms with Crippen molar-refractivity contribution < 1.29 is 14.3 Å². The highest BCUT2D eigenvalue weighted by Crippen LogP contribution is 2.26. The summed E-state index contributed by atoms with van der Waals surface area (Å²) in [5, 5.41) is 3.42. The molecule has 106 valence electrons. The summed E-state index contributed by atoms with van der Waals surface area (Å²) in [7, 11) is 1.35. The maximum Gasteiger partial charge on any atom is 0.343 e. The lowest BCUT2D eigenvalue weighted by atomic mass is 10.0. The predicted octanol–water partition coefficient (Wildman–Crippen LogP) is 2.61. The molecule has 1 N–H and O–H groups in total. The van der Waals surface area contributed by atoms with Crippen molar-refractivity contribution in [2.45, 2.75) is 33.2 Å². The van der Waals surface area contributed by atoms with Crippen molar-refractivity contribution >= 4 is 5.97 Å². The maximum atomic E-state index is 11.1. The number of esters is 1. The average Bonchev–Trinajstić information content (AvgIpc) is 2.42. The molecule has 0 aromatic heterocycles. The molecule has 1 unspecified atom stereocenters. The number of hydrogen-bond donors (Lipinski definition) is 1. The van der Waals surface area contributed by atoms with E-state index in [1.54, 1.807) is 0 Å². The molecule has 1 atom stereocenters. The van der Waals surface area contributed by atoms with Gasteiger partial charge in [0.1, 0.15) is 5.75 Å². The first-order chi connectivity index (χ1) is 9.08. The van der Waals surface area contributed by atoms with E-state index in [0.717, 1.165) is 24.3 Å². The Labute approximate surface area is 115 Å². The third-order valence-corrected chi connectivity index (χ3v) is 2.91. The Kier molecular flexibility index (Phi) is 6.36. The van der Waals surface area contributed by atoms with Gasteiger partial charge >= 0.3 is 5.97 Å². The third-order valence-electron chi connectivity index (χ3n) is 2.91. The van der Waals surface area contributed by atoms with Crippen molar-refractivity contribution in [3.05, 3.63) is 29.3 Å². The van der Waals surface area contributed by atoms with E-state index >= 15 is 0 Å². The fraction of sp³-hybridized carbons (Fsp3) is 0.533. The Morgan fingerprint density at radius 2 is 2.16 bits per heavy atom. The van der Waals surface area contributed by atoms with Gasteiger partial charge < -0.3 is 14.8 Å². The number of benzene rings is 1. The zero-order valence-electron chi connectivity index (χ0n) is 12.2. The van der Waals surface area contributed by atoms with Crippen LogP contribution in [-0.4, -0.2) is 26.2 Å². The van der Waals surface area contributed by atoms with Gasteiger partial charge in [0.25, 0.3) is 0 Å². The topological polar surface area (TPSA) is 47.6 Å². The number of aryl methyl sites for hydroxylation is 1. The Morgan fingerprint density at radius 3 is 2.79 bits per heavy atom. The summed E-state index contributed by atoms with van der Waals surface area (Å²) in [6.45, 7) is 7.15. The van der Waals surface area contributed by atoms with Crippen LogP contribution in [0.3, 0.4) is 0 Å². The van der Waals surface area contributed by atoms with E-state index in [1.807, 2.05) is 19.1 Å². The summed E-state index contributed by atoms with van der Waals surface area (Å²) in [5.41, 5.74) is 2.24. The molecule has 4 heteroatoms. The Hall–Kier alpha value is -1.55. The van der Waals surface area contributed by atoms with Gasteiger partial charge in [0.05, 0.1) is 7.11 Å². The fourth-order valence-corrected chi connectivity index (χ4v) is 1.80. The number of methoxy groups -OCH3 is 1. The predicted molar refractivity (Wildman–Crippen MR) is 75.4 cm³/mol. The summed E-state index contributed by atoms with van der Waals surface area (Å²) in [6, 6.07) is 6.15. The van der Waals surface area contributed by atoms with Gasteiger partial charge in [-0.3, -0.25) is 0 Å². The van der Waals surface area contributed by atoms with E-state index in [0.29, 0.717) is 0 Å². The molecule has 4 nitrogen and oxygen atoms in total. The fourth-order valence-electron chi connectivity index (χ4n) is 1.80. The molecule has 0 spiro atoms. The normalized spacial score (nSPS) is 12.0. The molecule has 0 amide bonds. The van der Waals surface area contributed by atoms with Gasteiger partial charge in [0, 0.05) is 11.6 Å².